The Morgan fingerprint density at radius 2 is 1.90 bits per heavy atom. The monoisotopic (exact) mass is 302 g/mol. The van der Waals surface area contributed by atoms with E-state index in [1.54, 1.807) is 18.2 Å². The molecule has 4 N–H and O–H groups in total. The van der Waals surface area contributed by atoms with Gasteiger partial charge in [0, 0.05) is 16.0 Å². The Kier molecular flexibility index (Phi) is 2.20. The van der Waals surface area contributed by atoms with Gasteiger partial charge in [-0.15, -0.1) is 0 Å². The highest BCUT2D eigenvalue weighted by Crippen LogP contribution is 2.29. The fourth-order valence-corrected chi connectivity index (χ4v) is 1.98. The van der Waals surface area contributed by atoms with Gasteiger partial charge in [-0.05, 0) is 18.2 Å². The molecule has 3 aromatic rings. The van der Waals surface area contributed by atoms with Crippen LogP contribution in [0.5, 0.6) is 0 Å². The van der Waals surface area contributed by atoms with Crippen molar-refractivity contribution >= 4 is 34.4 Å². The molecule has 0 aliphatic heterocycles. The topological polar surface area (TPSA) is 90.2 Å². The van der Waals surface area contributed by atoms with E-state index in [0.29, 0.717) is 15.9 Å². The molecule has 0 amide bonds. The van der Waals surface area contributed by atoms with Gasteiger partial charge in [-0.2, -0.15) is 4.99 Å². The molecule has 6 heteroatoms. The van der Waals surface area contributed by atoms with E-state index in [0.717, 1.165) is 0 Å². The highest BCUT2D eigenvalue weighted by molar-refractivity contribution is 6.31. The first-order valence-electron chi connectivity index (χ1n) is 8.35. The molecule has 2 aromatic carbocycles. The number of guanidine groups is 1. The molecule has 0 aliphatic carbocycles. The van der Waals surface area contributed by atoms with Crippen LogP contribution in [0.1, 0.15) is 6.85 Å². The Morgan fingerprint density at radius 1 is 1.14 bits per heavy atom. The first-order chi connectivity index (χ1) is 12.2. The van der Waals surface area contributed by atoms with Gasteiger partial charge in [0.05, 0.1) is 18.1 Å². The van der Waals surface area contributed by atoms with E-state index in [-0.39, 0.29) is 23.2 Å². The molecule has 0 spiro atoms. The van der Waals surface area contributed by atoms with Gasteiger partial charge in [0.1, 0.15) is 0 Å². The highest BCUT2D eigenvalue weighted by Gasteiger charge is 2.10. The van der Waals surface area contributed by atoms with E-state index < -0.39 is 30.2 Å². The molecule has 0 aliphatic rings. The minimum atomic E-state index is -0.496. The van der Waals surface area contributed by atoms with Crippen LogP contribution in [0, 0.1) is 0 Å². The average Bonchev–Trinajstić information content (AvgIpc) is 2.58. The van der Waals surface area contributed by atoms with Crippen LogP contribution in [0.25, 0.3) is 22.2 Å². The van der Waals surface area contributed by atoms with Gasteiger partial charge in [-0.1, -0.05) is 41.8 Å². The normalized spacial score (nSPS) is 13.9. The van der Waals surface area contributed by atoms with Crippen molar-refractivity contribution in [3.8, 4) is 11.3 Å². The number of halogens is 1. The average molecular weight is 303 g/mol. The molecule has 0 bridgehead atoms. The molecule has 1 heterocycles. The van der Waals surface area contributed by atoms with Crippen molar-refractivity contribution in [2.24, 2.45) is 16.5 Å². The number of nitrogens with two attached hydrogens (primary N) is 2. The van der Waals surface area contributed by atoms with Gasteiger partial charge in [0.25, 0.3) is 5.95 Å². The SMILES string of the molecule is [2H]c1c([2H])c([2H])c(-c2nc(N=C(N)N)nc3ccc(Cl)cc23)c([2H])c1[2H]. The van der Waals surface area contributed by atoms with Crippen molar-refractivity contribution < 1.29 is 6.85 Å². The molecule has 0 atom stereocenters. The lowest BCUT2D eigenvalue weighted by Gasteiger charge is -2.07. The Balaban J connectivity index is 2.49. The summed E-state index contributed by atoms with van der Waals surface area (Å²) in [6.45, 7) is 0. The zero-order chi connectivity index (χ0) is 19.2. The minimum Gasteiger partial charge on any atom is -0.370 e. The number of aliphatic imine (C=N–C) groups is 1. The smallest absolute Gasteiger partial charge is 0.253 e. The summed E-state index contributed by atoms with van der Waals surface area (Å²) in [6.07, 6.45) is 0. The number of rotatable bonds is 2. The lowest BCUT2D eigenvalue weighted by molar-refractivity contribution is 1.17. The Bertz CT molecular complexity index is 1050. The summed E-state index contributed by atoms with van der Waals surface area (Å²) in [6, 6.07) is 2.51. The fourth-order valence-electron chi connectivity index (χ4n) is 1.81. The van der Waals surface area contributed by atoms with E-state index in [1.807, 2.05) is 0 Å². The zero-order valence-corrected chi connectivity index (χ0v) is 11.4. The summed E-state index contributed by atoms with van der Waals surface area (Å²) < 4.78 is 39.8. The standard InChI is InChI=1S/C15H12ClN5/c16-10-6-7-12-11(8-10)13(9-4-2-1-3-5-9)20-15(19-12)21-14(17)18/h1-8H,(H4,17,18,19,20,21)/i1D,2D,3D,4D,5D. The van der Waals surface area contributed by atoms with Gasteiger partial charge >= 0.3 is 0 Å². The maximum atomic E-state index is 8.16. The van der Waals surface area contributed by atoms with Crippen molar-refractivity contribution in [1.29, 1.82) is 0 Å². The van der Waals surface area contributed by atoms with Crippen molar-refractivity contribution in [2.75, 3.05) is 0 Å². The lowest BCUT2D eigenvalue weighted by atomic mass is 10.1. The van der Waals surface area contributed by atoms with Crippen LogP contribution < -0.4 is 11.5 Å². The number of aromatic nitrogens is 2. The Morgan fingerprint density at radius 3 is 2.62 bits per heavy atom. The van der Waals surface area contributed by atoms with Crippen LogP contribution in [-0.4, -0.2) is 15.9 Å². The van der Waals surface area contributed by atoms with Crippen LogP contribution >= 0.6 is 11.6 Å². The second kappa shape index (κ2) is 5.38. The van der Waals surface area contributed by atoms with Crippen LogP contribution in [-0.2, 0) is 0 Å². The molecule has 5 nitrogen and oxygen atoms in total. The summed E-state index contributed by atoms with van der Waals surface area (Å²) in [7, 11) is 0. The van der Waals surface area contributed by atoms with Gasteiger partial charge < -0.3 is 11.5 Å². The van der Waals surface area contributed by atoms with Crippen LogP contribution in [0.15, 0.2) is 53.4 Å². The second-order valence-corrected chi connectivity index (χ2v) is 4.51. The maximum Gasteiger partial charge on any atom is 0.253 e. The van der Waals surface area contributed by atoms with Gasteiger partial charge in [-0.3, -0.25) is 0 Å². The van der Waals surface area contributed by atoms with E-state index >= 15 is 0 Å². The largest absolute Gasteiger partial charge is 0.370 e. The molecular formula is C15H12ClN5. The predicted octanol–water partition coefficient (Wildman–Crippen LogP) is 2.86. The van der Waals surface area contributed by atoms with E-state index in [9.17, 15) is 0 Å². The Labute approximate surface area is 133 Å². The molecule has 0 radical (unpaired) electrons. The second-order valence-electron chi connectivity index (χ2n) is 4.07. The van der Waals surface area contributed by atoms with Crippen molar-refractivity contribution in [3.05, 3.63) is 53.4 Å². The third-order valence-electron chi connectivity index (χ3n) is 2.61. The van der Waals surface area contributed by atoms with Crippen molar-refractivity contribution in [2.45, 2.75) is 0 Å². The third kappa shape index (κ3) is 2.78. The molecule has 3 rings (SSSR count). The first-order valence-corrected chi connectivity index (χ1v) is 6.22. The molecular weight excluding hydrogens is 286 g/mol. The van der Waals surface area contributed by atoms with Gasteiger partial charge in [0.15, 0.2) is 5.96 Å². The molecule has 21 heavy (non-hydrogen) atoms. The third-order valence-corrected chi connectivity index (χ3v) is 2.85. The van der Waals surface area contributed by atoms with Gasteiger partial charge in [0.2, 0.25) is 0 Å². The number of nitrogens with zero attached hydrogens (tertiary/aromatic N) is 3. The number of hydrogen-bond acceptors (Lipinski definition) is 3. The molecule has 0 saturated carbocycles. The number of benzene rings is 2. The summed E-state index contributed by atoms with van der Waals surface area (Å²) in [5.74, 6) is -0.369. The molecule has 104 valence electrons. The van der Waals surface area contributed by atoms with E-state index in [4.69, 9.17) is 29.9 Å². The lowest BCUT2D eigenvalue weighted by Crippen LogP contribution is -2.22. The molecule has 0 fully saturated rings. The molecule has 0 unspecified atom stereocenters. The van der Waals surface area contributed by atoms with Gasteiger partial charge in [-0.25, -0.2) is 9.97 Å². The fraction of sp³-hybridized carbons (Fsp3) is 0. The highest BCUT2D eigenvalue weighted by atomic mass is 35.5. The maximum absolute atomic E-state index is 8.16. The van der Waals surface area contributed by atoms with E-state index in [1.165, 1.54) is 0 Å². The van der Waals surface area contributed by atoms with Crippen LogP contribution in [0.2, 0.25) is 5.02 Å². The van der Waals surface area contributed by atoms with Crippen molar-refractivity contribution in [3.63, 3.8) is 0 Å². The quantitative estimate of drug-likeness (QED) is 0.562. The number of hydrogen-bond donors (Lipinski definition) is 2. The summed E-state index contributed by atoms with van der Waals surface area (Å²) in [5, 5.41) is 0.787. The first kappa shape index (κ1) is 8.59. The van der Waals surface area contributed by atoms with Crippen LogP contribution in [0.3, 0.4) is 0 Å². The minimum absolute atomic E-state index is 0.0855. The Hall–Kier alpha value is -2.66. The number of fused-ring (bicyclic) bond motifs is 1. The predicted molar refractivity (Wildman–Crippen MR) is 85.5 cm³/mol. The summed E-state index contributed by atoms with van der Waals surface area (Å²) in [4.78, 5) is 12.2. The van der Waals surface area contributed by atoms with Crippen LogP contribution in [0.4, 0.5) is 5.95 Å². The molecule has 1 aromatic heterocycles. The zero-order valence-electron chi connectivity index (χ0n) is 15.6. The summed E-state index contributed by atoms with van der Waals surface area (Å²) >= 11 is 6.05. The van der Waals surface area contributed by atoms with Crippen molar-refractivity contribution in [1.82, 2.24) is 9.97 Å². The summed E-state index contributed by atoms with van der Waals surface area (Å²) in [5.41, 5.74) is 11.2. The van der Waals surface area contributed by atoms with E-state index in [2.05, 4.69) is 15.0 Å². The molecule has 0 saturated heterocycles.